The van der Waals surface area contributed by atoms with E-state index in [1.165, 1.54) is 26.2 Å². The van der Waals surface area contributed by atoms with Crippen molar-refractivity contribution in [1.82, 2.24) is 4.90 Å². The highest BCUT2D eigenvalue weighted by Crippen LogP contribution is 2.38. The molecule has 1 atom stereocenters. The lowest BCUT2D eigenvalue weighted by Crippen LogP contribution is -2.45. The SMILES string of the molecule is COc1cc(CN(C(=O)c2ccc(-c3cccc(O)c3)cc2)[C@@H](CCC(N)=O)C(=O)O)cc(OC)c1OC. The van der Waals surface area contributed by atoms with E-state index in [2.05, 4.69) is 0 Å². The lowest BCUT2D eigenvalue weighted by Gasteiger charge is -2.29. The number of benzene rings is 3. The Morgan fingerprint density at radius 1 is 0.895 bits per heavy atom. The Morgan fingerprint density at radius 3 is 2.03 bits per heavy atom. The first-order valence-corrected chi connectivity index (χ1v) is 11.7. The molecule has 200 valence electrons. The number of methoxy groups -OCH3 is 3. The summed E-state index contributed by atoms with van der Waals surface area (Å²) >= 11 is 0. The number of rotatable bonds is 12. The largest absolute Gasteiger partial charge is 0.508 e. The first-order chi connectivity index (χ1) is 18.2. The van der Waals surface area contributed by atoms with Crippen LogP contribution in [0.15, 0.2) is 60.7 Å². The van der Waals surface area contributed by atoms with Crippen molar-refractivity contribution in [3.63, 3.8) is 0 Å². The van der Waals surface area contributed by atoms with E-state index < -0.39 is 23.8 Å². The summed E-state index contributed by atoms with van der Waals surface area (Å²) in [7, 11) is 4.36. The molecule has 3 aromatic carbocycles. The summed E-state index contributed by atoms with van der Waals surface area (Å²) in [4.78, 5) is 38.6. The van der Waals surface area contributed by atoms with E-state index in [0.29, 0.717) is 22.8 Å². The number of ether oxygens (including phenoxy) is 3. The molecule has 0 heterocycles. The molecule has 10 heteroatoms. The Labute approximate surface area is 220 Å². The number of carboxylic acid groups (broad SMARTS) is 1. The maximum Gasteiger partial charge on any atom is 0.326 e. The molecule has 0 saturated heterocycles. The van der Waals surface area contributed by atoms with Gasteiger partial charge < -0.3 is 35.1 Å². The van der Waals surface area contributed by atoms with Crippen LogP contribution in [0.3, 0.4) is 0 Å². The number of phenols is 1. The molecule has 0 spiro atoms. The average Bonchev–Trinajstić information content (AvgIpc) is 2.91. The van der Waals surface area contributed by atoms with Gasteiger partial charge in [0.15, 0.2) is 11.5 Å². The fourth-order valence-corrected chi connectivity index (χ4v) is 4.10. The molecule has 4 N–H and O–H groups in total. The van der Waals surface area contributed by atoms with Gasteiger partial charge in [0, 0.05) is 18.5 Å². The summed E-state index contributed by atoms with van der Waals surface area (Å²) in [6, 6.07) is 15.2. The van der Waals surface area contributed by atoms with Gasteiger partial charge in [-0.05, 0) is 59.5 Å². The summed E-state index contributed by atoms with van der Waals surface area (Å²) in [5.74, 6) is -1.36. The highest BCUT2D eigenvalue weighted by atomic mass is 16.5. The Balaban J connectivity index is 2.02. The van der Waals surface area contributed by atoms with Gasteiger partial charge in [0.25, 0.3) is 5.91 Å². The minimum absolute atomic E-state index is 0.109. The van der Waals surface area contributed by atoms with Crippen molar-refractivity contribution < 1.29 is 38.8 Å². The zero-order chi connectivity index (χ0) is 27.8. The smallest absolute Gasteiger partial charge is 0.326 e. The maximum atomic E-state index is 13.7. The molecule has 0 bridgehead atoms. The number of phenolic OH excluding ortho intramolecular Hbond substituents is 1. The van der Waals surface area contributed by atoms with Crippen molar-refractivity contribution >= 4 is 17.8 Å². The average molecular weight is 523 g/mol. The van der Waals surface area contributed by atoms with Gasteiger partial charge in [-0.3, -0.25) is 9.59 Å². The monoisotopic (exact) mass is 522 g/mol. The summed E-state index contributed by atoms with van der Waals surface area (Å²) in [6.07, 6.45) is -0.380. The van der Waals surface area contributed by atoms with Crippen LogP contribution in [0.5, 0.6) is 23.0 Å². The molecule has 0 aliphatic carbocycles. The van der Waals surface area contributed by atoms with E-state index >= 15 is 0 Å². The number of primary amides is 1. The van der Waals surface area contributed by atoms with Crippen molar-refractivity contribution in [3.05, 3.63) is 71.8 Å². The molecule has 0 radical (unpaired) electrons. The van der Waals surface area contributed by atoms with Gasteiger partial charge in [-0.15, -0.1) is 0 Å². The predicted molar refractivity (Wildman–Crippen MR) is 139 cm³/mol. The molecule has 10 nitrogen and oxygen atoms in total. The second kappa shape index (κ2) is 12.5. The predicted octanol–water partition coefficient (Wildman–Crippen LogP) is 3.45. The second-order valence-corrected chi connectivity index (χ2v) is 8.45. The van der Waals surface area contributed by atoms with E-state index in [1.807, 2.05) is 6.07 Å². The topological polar surface area (TPSA) is 149 Å². The molecular formula is C28H30N2O8. The quantitative estimate of drug-likeness (QED) is 0.328. The zero-order valence-corrected chi connectivity index (χ0v) is 21.3. The molecule has 3 aromatic rings. The second-order valence-electron chi connectivity index (χ2n) is 8.45. The Kier molecular flexibility index (Phi) is 9.15. The maximum absolute atomic E-state index is 13.7. The van der Waals surface area contributed by atoms with Crippen LogP contribution in [0, 0.1) is 0 Å². The number of hydrogen-bond acceptors (Lipinski definition) is 7. The van der Waals surface area contributed by atoms with E-state index in [1.54, 1.807) is 54.6 Å². The third-order valence-electron chi connectivity index (χ3n) is 5.98. The molecule has 3 rings (SSSR count). The van der Waals surface area contributed by atoms with Gasteiger partial charge in [0.05, 0.1) is 21.3 Å². The number of carbonyl (C=O) groups is 3. The molecule has 0 unspecified atom stereocenters. The van der Waals surface area contributed by atoms with Gasteiger partial charge in [-0.25, -0.2) is 4.79 Å². The molecule has 0 fully saturated rings. The lowest BCUT2D eigenvalue weighted by atomic mass is 10.0. The van der Waals surface area contributed by atoms with Gasteiger partial charge in [-0.1, -0.05) is 24.3 Å². The number of aromatic hydroxyl groups is 1. The molecule has 0 aliphatic rings. The van der Waals surface area contributed by atoms with Gasteiger partial charge in [0.1, 0.15) is 11.8 Å². The van der Waals surface area contributed by atoms with Crippen LogP contribution in [-0.4, -0.2) is 60.3 Å². The van der Waals surface area contributed by atoms with Crippen LogP contribution in [0.4, 0.5) is 0 Å². The fraction of sp³-hybridized carbons (Fsp3) is 0.250. The van der Waals surface area contributed by atoms with E-state index in [4.69, 9.17) is 19.9 Å². The molecule has 2 amide bonds. The minimum Gasteiger partial charge on any atom is -0.508 e. The summed E-state index contributed by atoms with van der Waals surface area (Å²) < 4.78 is 16.1. The Hall–Kier alpha value is -4.73. The molecule has 0 aliphatic heterocycles. The first kappa shape index (κ1) is 27.9. The number of carboxylic acids is 1. The van der Waals surface area contributed by atoms with Crippen molar-refractivity contribution in [2.24, 2.45) is 5.73 Å². The lowest BCUT2D eigenvalue weighted by molar-refractivity contribution is -0.143. The van der Waals surface area contributed by atoms with Crippen molar-refractivity contribution in [2.45, 2.75) is 25.4 Å². The highest BCUT2D eigenvalue weighted by molar-refractivity contribution is 5.97. The summed E-state index contributed by atoms with van der Waals surface area (Å²) in [5.41, 5.74) is 7.55. The number of hydrogen-bond donors (Lipinski definition) is 3. The van der Waals surface area contributed by atoms with Crippen LogP contribution in [-0.2, 0) is 16.1 Å². The van der Waals surface area contributed by atoms with E-state index in [-0.39, 0.29) is 30.7 Å². The van der Waals surface area contributed by atoms with Gasteiger partial charge >= 0.3 is 5.97 Å². The zero-order valence-electron chi connectivity index (χ0n) is 21.3. The van der Waals surface area contributed by atoms with Crippen molar-refractivity contribution in [2.75, 3.05) is 21.3 Å². The van der Waals surface area contributed by atoms with Crippen LogP contribution in [0.25, 0.3) is 11.1 Å². The molecular weight excluding hydrogens is 492 g/mol. The normalized spacial score (nSPS) is 11.3. The number of aliphatic carboxylic acids is 1. The third kappa shape index (κ3) is 6.52. The Bertz CT molecular complexity index is 1280. The van der Waals surface area contributed by atoms with Gasteiger partial charge in [-0.2, -0.15) is 0 Å². The fourth-order valence-electron chi connectivity index (χ4n) is 4.10. The van der Waals surface area contributed by atoms with Crippen molar-refractivity contribution in [1.29, 1.82) is 0 Å². The number of nitrogens with zero attached hydrogens (tertiary/aromatic N) is 1. The van der Waals surface area contributed by atoms with E-state index in [9.17, 15) is 24.6 Å². The number of amides is 2. The molecule has 0 aromatic heterocycles. The minimum atomic E-state index is -1.33. The first-order valence-electron chi connectivity index (χ1n) is 11.7. The molecule has 38 heavy (non-hydrogen) atoms. The van der Waals surface area contributed by atoms with Crippen LogP contribution >= 0.6 is 0 Å². The number of carbonyl (C=O) groups excluding carboxylic acids is 2. The van der Waals surface area contributed by atoms with E-state index in [0.717, 1.165) is 11.1 Å². The summed E-state index contributed by atoms with van der Waals surface area (Å²) in [6.45, 7) is -0.125. The van der Waals surface area contributed by atoms with Gasteiger partial charge in [0.2, 0.25) is 11.7 Å². The van der Waals surface area contributed by atoms with Crippen LogP contribution in [0.2, 0.25) is 0 Å². The van der Waals surface area contributed by atoms with Crippen LogP contribution in [0.1, 0.15) is 28.8 Å². The molecule has 0 saturated carbocycles. The Morgan fingerprint density at radius 2 is 1.53 bits per heavy atom. The van der Waals surface area contributed by atoms with Crippen LogP contribution < -0.4 is 19.9 Å². The third-order valence-corrected chi connectivity index (χ3v) is 5.98. The summed E-state index contributed by atoms with van der Waals surface area (Å²) in [5, 5.41) is 19.8. The highest BCUT2D eigenvalue weighted by Gasteiger charge is 2.31. The van der Waals surface area contributed by atoms with Crippen molar-refractivity contribution in [3.8, 4) is 34.1 Å². The standard InChI is InChI=1S/C28H30N2O8/c1-36-23-13-17(14-24(37-2)26(23)38-3)16-30(22(28(34)35)11-12-25(29)32)27(33)19-9-7-18(8-10-19)20-5-4-6-21(31)15-20/h4-10,13-15,22,31H,11-12,16H2,1-3H3,(H2,29,32)(H,34,35)/t22-/m0/s1. The number of nitrogens with two attached hydrogens (primary N) is 1.